The molecule has 0 bridgehead atoms. The number of allylic oxidation sites excluding steroid dienone is 1. The number of hydrogen-bond acceptors (Lipinski definition) is 5. The average Bonchev–Trinajstić information content (AvgIpc) is 3.26. The monoisotopic (exact) mass is 531 g/mol. The molecule has 8 nitrogen and oxygen atoms in total. The van der Waals surface area contributed by atoms with E-state index in [1.807, 2.05) is 24.3 Å². The Bertz CT molecular complexity index is 1320. The number of hydrogen-bond donors (Lipinski definition) is 1. The number of carbonyl (C=O) groups is 3. The lowest BCUT2D eigenvalue weighted by Gasteiger charge is -2.36. The van der Waals surface area contributed by atoms with E-state index in [-0.39, 0.29) is 30.6 Å². The van der Waals surface area contributed by atoms with E-state index in [4.69, 9.17) is 0 Å². The molecule has 6 rings (SSSR count). The molecule has 4 aliphatic rings. The highest BCUT2D eigenvalue weighted by Gasteiger charge is 2.37. The SMILES string of the molecule is O=C1CCN(N2Cc3cc(CN4CCN(CC5=C(c6ccc(F)cc6)CCCC5)CC4)ccc3C2=O)C(=O)N1. The Labute approximate surface area is 228 Å². The minimum absolute atomic E-state index is 0.188. The van der Waals surface area contributed by atoms with E-state index in [9.17, 15) is 18.8 Å². The van der Waals surface area contributed by atoms with Crippen molar-refractivity contribution in [2.75, 3.05) is 39.3 Å². The second-order valence-electron chi connectivity index (χ2n) is 10.9. The number of rotatable bonds is 6. The number of piperazine rings is 1. The van der Waals surface area contributed by atoms with Crippen molar-refractivity contribution in [3.8, 4) is 0 Å². The number of hydrazine groups is 1. The third-order valence-corrected chi connectivity index (χ3v) is 8.34. The van der Waals surface area contributed by atoms with Crippen molar-refractivity contribution in [3.63, 3.8) is 0 Å². The van der Waals surface area contributed by atoms with Crippen LogP contribution in [-0.2, 0) is 17.9 Å². The first kappa shape index (κ1) is 25.7. The first-order valence-electron chi connectivity index (χ1n) is 13.9. The van der Waals surface area contributed by atoms with Crippen molar-refractivity contribution in [1.29, 1.82) is 0 Å². The molecular formula is C30H34FN5O3. The van der Waals surface area contributed by atoms with E-state index < -0.39 is 6.03 Å². The fourth-order valence-electron chi connectivity index (χ4n) is 6.21. The molecule has 0 atom stereocenters. The Balaban J connectivity index is 1.05. The molecule has 2 aromatic carbocycles. The van der Waals surface area contributed by atoms with Crippen molar-refractivity contribution in [3.05, 3.63) is 76.1 Å². The number of nitrogens with zero attached hydrogens (tertiary/aromatic N) is 4. The first-order chi connectivity index (χ1) is 18.9. The number of imide groups is 1. The van der Waals surface area contributed by atoms with Gasteiger partial charge in [0.25, 0.3) is 5.91 Å². The van der Waals surface area contributed by atoms with Gasteiger partial charge >= 0.3 is 6.03 Å². The molecule has 0 spiro atoms. The second kappa shape index (κ2) is 10.9. The summed E-state index contributed by atoms with van der Waals surface area (Å²) in [4.78, 5) is 41.7. The maximum atomic E-state index is 13.4. The van der Waals surface area contributed by atoms with E-state index in [0.717, 1.165) is 68.8 Å². The van der Waals surface area contributed by atoms with Gasteiger partial charge in [-0.05, 0) is 66.1 Å². The van der Waals surface area contributed by atoms with Gasteiger partial charge in [0.2, 0.25) is 5.91 Å². The van der Waals surface area contributed by atoms with Gasteiger partial charge in [0.15, 0.2) is 0 Å². The predicted octanol–water partition coefficient (Wildman–Crippen LogP) is 3.78. The summed E-state index contributed by atoms with van der Waals surface area (Å²) in [7, 11) is 0. The number of nitrogens with one attached hydrogen (secondary N) is 1. The molecule has 0 saturated carbocycles. The molecule has 1 aliphatic carbocycles. The third-order valence-electron chi connectivity index (χ3n) is 8.34. The van der Waals surface area contributed by atoms with Crippen LogP contribution in [0.5, 0.6) is 0 Å². The molecule has 39 heavy (non-hydrogen) atoms. The molecule has 204 valence electrons. The zero-order chi connectivity index (χ0) is 26.9. The second-order valence-corrected chi connectivity index (χ2v) is 10.9. The Morgan fingerprint density at radius 1 is 0.769 bits per heavy atom. The van der Waals surface area contributed by atoms with E-state index in [1.54, 1.807) is 12.1 Å². The van der Waals surface area contributed by atoms with E-state index in [0.29, 0.717) is 12.1 Å². The highest BCUT2D eigenvalue weighted by molar-refractivity contribution is 6.01. The highest BCUT2D eigenvalue weighted by atomic mass is 19.1. The quantitative estimate of drug-likeness (QED) is 0.614. The van der Waals surface area contributed by atoms with Gasteiger partial charge in [0.1, 0.15) is 5.82 Å². The summed E-state index contributed by atoms with van der Waals surface area (Å²) in [6, 6.07) is 12.4. The van der Waals surface area contributed by atoms with Gasteiger partial charge in [-0.3, -0.25) is 24.7 Å². The maximum absolute atomic E-state index is 13.4. The minimum Gasteiger partial charge on any atom is -0.297 e. The van der Waals surface area contributed by atoms with E-state index in [2.05, 4.69) is 21.2 Å². The van der Waals surface area contributed by atoms with Crippen LogP contribution in [0, 0.1) is 5.82 Å². The molecule has 0 radical (unpaired) electrons. The molecule has 3 aliphatic heterocycles. The topological polar surface area (TPSA) is 76.2 Å². The molecule has 1 N–H and O–H groups in total. The van der Waals surface area contributed by atoms with Gasteiger partial charge in [-0.15, -0.1) is 0 Å². The molecule has 2 aromatic rings. The van der Waals surface area contributed by atoms with E-state index in [1.165, 1.54) is 34.0 Å². The maximum Gasteiger partial charge on any atom is 0.342 e. The van der Waals surface area contributed by atoms with Crippen LogP contribution < -0.4 is 5.32 Å². The van der Waals surface area contributed by atoms with Gasteiger partial charge in [-0.1, -0.05) is 29.8 Å². The highest BCUT2D eigenvalue weighted by Crippen LogP contribution is 2.33. The van der Waals surface area contributed by atoms with Gasteiger partial charge < -0.3 is 0 Å². The first-order valence-corrected chi connectivity index (χ1v) is 13.9. The van der Waals surface area contributed by atoms with Gasteiger partial charge in [0, 0.05) is 51.3 Å². The Kier molecular flexibility index (Phi) is 7.18. The van der Waals surface area contributed by atoms with Gasteiger partial charge in [-0.2, -0.15) is 0 Å². The number of carbonyl (C=O) groups excluding carboxylic acids is 3. The van der Waals surface area contributed by atoms with Crippen LogP contribution in [0.1, 0.15) is 59.2 Å². The molecular weight excluding hydrogens is 497 g/mol. The lowest BCUT2D eigenvalue weighted by molar-refractivity contribution is -0.123. The van der Waals surface area contributed by atoms with Crippen molar-refractivity contribution >= 4 is 23.4 Å². The normalized spacial score (nSPS) is 21.0. The third kappa shape index (κ3) is 5.46. The lowest BCUT2D eigenvalue weighted by Crippen LogP contribution is -2.56. The molecule has 0 unspecified atom stereocenters. The van der Waals surface area contributed by atoms with Crippen LogP contribution in [0.2, 0.25) is 0 Å². The van der Waals surface area contributed by atoms with Crippen molar-refractivity contribution < 1.29 is 18.8 Å². The number of benzene rings is 2. The van der Waals surface area contributed by atoms with Crippen LogP contribution >= 0.6 is 0 Å². The van der Waals surface area contributed by atoms with Crippen LogP contribution in [0.3, 0.4) is 0 Å². The summed E-state index contributed by atoms with van der Waals surface area (Å²) < 4.78 is 13.4. The predicted molar refractivity (Wildman–Crippen MR) is 145 cm³/mol. The standard InChI is InChI=1S/C30H34FN5O3/c31-25-8-6-22(7-9-25)26-4-2-1-3-23(26)19-34-15-13-33(14-16-34)18-21-5-10-27-24(17-21)20-36(29(27)38)35-12-11-28(37)32-30(35)39/h5-10,17H,1-4,11-16,18-20H2,(H,32,37,39). The van der Waals surface area contributed by atoms with Crippen LogP contribution in [-0.4, -0.2) is 76.9 Å². The minimum atomic E-state index is -0.542. The number of amides is 4. The largest absolute Gasteiger partial charge is 0.342 e. The molecule has 9 heteroatoms. The molecule has 4 amide bonds. The summed E-state index contributed by atoms with van der Waals surface area (Å²) in [6.07, 6.45) is 4.79. The summed E-state index contributed by atoms with van der Waals surface area (Å²) in [5.41, 5.74) is 6.75. The zero-order valence-corrected chi connectivity index (χ0v) is 22.1. The molecule has 0 aromatic heterocycles. The fourth-order valence-corrected chi connectivity index (χ4v) is 6.21. The van der Waals surface area contributed by atoms with Crippen molar-refractivity contribution in [1.82, 2.24) is 25.1 Å². The number of halogens is 1. The lowest BCUT2D eigenvalue weighted by atomic mass is 9.87. The van der Waals surface area contributed by atoms with Gasteiger partial charge in [0.05, 0.1) is 13.1 Å². The number of fused-ring (bicyclic) bond motifs is 1. The van der Waals surface area contributed by atoms with Crippen LogP contribution in [0.15, 0.2) is 48.0 Å². The Morgan fingerprint density at radius 2 is 1.49 bits per heavy atom. The fraction of sp³-hybridized carbons (Fsp3) is 0.433. The summed E-state index contributed by atoms with van der Waals surface area (Å²) in [6.45, 7) is 6.30. The summed E-state index contributed by atoms with van der Waals surface area (Å²) in [5, 5.41) is 5.07. The smallest absolute Gasteiger partial charge is 0.297 e. The van der Waals surface area contributed by atoms with Crippen molar-refractivity contribution in [2.45, 2.75) is 45.2 Å². The molecule has 2 saturated heterocycles. The Morgan fingerprint density at radius 3 is 2.23 bits per heavy atom. The van der Waals surface area contributed by atoms with Crippen molar-refractivity contribution in [2.24, 2.45) is 0 Å². The molecule has 2 fully saturated rings. The Hall–Kier alpha value is -3.56. The average molecular weight is 532 g/mol. The zero-order valence-electron chi connectivity index (χ0n) is 22.1. The van der Waals surface area contributed by atoms with Gasteiger partial charge in [-0.25, -0.2) is 19.2 Å². The van der Waals surface area contributed by atoms with Crippen LogP contribution in [0.25, 0.3) is 5.57 Å². The summed E-state index contributed by atoms with van der Waals surface area (Å²) >= 11 is 0. The van der Waals surface area contributed by atoms with Crippen LogP contribution in [0.4, 0.5) is 9.18 Å². The van der Waals surface area contributed by atoms with E-state index >= 15 is 0 Å². The summed E-state index contributed by atoms with van der Waals surface area (Å²) in [5.74, 6) is -0.703. The molecule has 3 heterocycles. The number of urea groups is 1.